The highest BCUT2D eigenvalue weighted by Crippen LogP contribution is 2.28. The summed E-state index contributed by atoms with van der Waals surface area (Å²) in [6, 6.07) is 16.8. The molecule has 0 atom stereocenters. The van der Waals surface area contributed by atoms with E-state index in [0.717, 1.165) is 4.31 Å². The van der Waals surface area contributed by atoms with E-state index in [1.54, 1.807) is 42.5 Å². The van der Waals surface area contributed by atoms with E-state index < -0.39 is 22.5 Å². The van der Waals surface area contributed by atoms with E-state index in [4.69, 9.17) is 34.8 Å². The van der Waals surface area contributed by atoms with Gasteiger partial charge in [0.15, 0.2) is 0 Å². The van der Waals surface area contributed by atoms with Gasteiger partial charge in [0.25, 0.3) is 0 Å². The van der Waals surface area contributed by atoms with Crippen molar-refractivity contribution in [3.63, 3.8) is 0 Å². The average Bonchev–Trinajstić information content (AvgIpc) is 2.77. The lowest BCUT2D eigenvalue weighted by atomic mass is 10.2. The minimum Gasteiger partial charge on any atom is -0.326 e. The van der Waals surface area contributed by atoms with Crippen molar-refractivity contribution >= 4 is 68.0 Å². The van der Waals surface area contributed by atoms with Crippen LogP contribution in [0.15, 0.2) is 71.6 Å². The van der Waals surface area contributed by atoms with E-state index in [9.17, 15) is 18.0 Å². The van der Waals surface area contributed by atoms with Crippen LogP contribution >= 0.6 is 34.8 Å². The third kappa shape index (κ3) is 6.71. The van der Waals surface area contributed by atoms with Gasteiger partial charge in [0.05, 0.1) is 11.4 Å². The highest BCUT2D eigenvalue weighted by atomic mass is 35.5. The molecule has 0 fully saturated rings. The molecule has 0 aromatic heterocycles. The number of carbonyl (C=O) groups is 2. The second-order valence-corrected chi connectivity index (χ2v) is 10.4. The summed E-state index contributed by atoms with van der Waals surface area (Å²) in [6.07, 6.45) is 0. The number of sulfonamides is 1. The monoisotopic (exact) mass is 539 g/mol. The molecule has 178 valence electrons. The summed E-state index contributed by atoms with van der Waals surface area (Å²) in [5.41, 5.74) is 1.36. The van der Waals surface area contributed by atoms with Crippen LogP contribution in [0.3, 0.4) is 0 Å². The molecule has 0 unspecified atom stereocenters. The number of hydrogen-bond acceptors (Lipinski definition) is 4. The van der Waals surface area contributed by atoms with Gasteiger partial charge in [-0.3, -0.25) is 9.59 Å². The maximum absolute atomic E-state index is 13.4. The first-order valence-electron chi connectivity index (χ1n) is 9.92. The van der Waals surface area contributed by atoms with Crippen LogP contribution in [-0.4, -0.2) is 31.1 Å². The lowest BCUT2D eigenvalue weighted by molar-refractivity contribution is -0.116. The van der Waals surface area contributed by atoms with Crippen molar-refractivity contribution in [1.82, 2.24) is 4.31 Å². The molecule has 0 spiro atoms. The van der Waals surface area contributed by atoms with Gasteiger partial charge in [0.2, 0.25) is 21.8 Å². The Hall–Kier alpha value is -2.62. The van der Waals surface area contributed by atoms with Crippen LogP contribution in [0.4, 0.5) is 11.4 Å². The lowest BCUT2D eigenvalue weighted by Gasteiger charge is -2.23. The summed E-state index contributed by atoms with van der Waals surface area (Å²) >= 11 is 18.4. The van der Waals surface area contributed by atoms with Gasteiger partial charge in [0, 0.05) is 45.5 Å². The number of hydrogen-bond donors (Lipinski definition) is 2. The Balaban J connectivity index is 1.86. The Bertz CT molecular complexity index is 1280. The third-order valence-corrected chi connectivity index (χ3v) is 7.42. The van der Waals surface area contributed by atoms with Crippen LogP contribution in [0.2, 0.25) is 15.1 Å². The maximum Gasteiger partial charge on any atom is 0.243 e. The molecule has 0 aliphatic carbocycles. The highest BCUT2D eigenvalue weighted by Gasteiger charge is 2.28. The number of rotatable bonds is 8. The summed E-state index contributed by atoms with van der Waals surface area (Å²) in [4.78, 5) is 23.9. The molecule has 0 aliphatic rings. The maximum atomic E-state index is 13.4. The number of benzene rings is 3. The molecule has 0 saturated carbocycles. The number of halogens is 3. The Kier molecular flexibility index (Phi) is 8.57. The Morgan fingerprint density at radius 3 is 1.88 bits per heavy atom. The van der Waals surface area contributed by atoms with Crippen LogP contribution in [-0.2, 0) is 26.2 Å². The molecule has 3 rings (SSSR count). The number of carbonyl (C=O) groups excluding carboxylic acids is 2. The van der Waals surface area contributed by atoms with Gasteiger partial charge in [-0.25, -0.2) is 8.42 Å². The molecular formula is C23H20Cl3N3O4S. The summed E-state index contributed by atoms with van der Waals surface area (Å²) in [5, 5.41) is 6.21. The SMILES string of the molecule is CC(=O)Nc1ccc(NC(=O)CN(Cc2c(Cl)cccc2Cl)S(=O)(=O)c2ccc(Cl)cc2)cc1. The van der Waals surface area contributed by atoms with Gasteiger partial charge < -0.3 is 10.6 Å². The standard InChI is InChI=1S/C23H20Cl3N3O4S/c1-15(30)27-17-7-9-18(10-8-17)28-23(31)14-29(13-20-21(25)3-2-4-22(20)26)34(32,33)19-11-5-16(24)6-12-19/h2-12H,13-14H2,1H3,(H,27,30)(H,28,31). The summed E-state index contributed by atoms with van der Waals surface area (Å²) in [7, 11) is -4.11. The van der Waals surface area contributed by atoms with Gasteiger partial charge in [-0.2, -0.15) is 4.31 Å². The fourth-order valence-corrected chi connectivity index (χ4v) is 5.05. The van der Waals surface area contributed by atoms with Crippen molar-refractivity contribution in [3.05, 3.63) is 87.4 Å². The van der Waals surface area contributed by atoms with Gasteiger partial charge in [-0.1, -0.05) is 40.9 Å². The van der Waals surface area contributed by atoms with Crippen molar-refractivity contribution in [1.29, 1.82) is 0 Å². The molecule has 11 heteroatoms. The summed E-state index contributed by atoms with van der Waals surface area (Å²) in [6.45, 7) is 0.662. The van der Waals surface area contributed by atoms with Crippen molar-refractivity contribution < 1.29 is 18.0 Å². The molecule has 7 nitrogen and oxygen atoms in total. The Morgan fingerprint density at radius 2 is 1.35 bits per heavy atom. The van der Waals surface area contributed by atoms with E-state index in [-0.39, 0.29) is 27.4 Å². The minimum absolute atomic E-state index is 0.0347. The number of nitrogens with zero attached hydrogens (tertiary/aromatic N) is 1. The molecule has 3 aromatic rings. The zero-order chi connectivity index (χ0) is 24.9. The Labute approximate surface area is 212 Å². The smallest absolute Gasteiger partial charge is 0.243 e. The zero-order valence-corrected chi connectivity index (χ0v) is 21.0. The van der Waals surface area contributed by atoms with Gasteiger partial charge >= 0.3 is 0 Å². The third-order valence-electron chi connectivity index (χ3n) is 4.66. The molecule has 0 saturated heterocycles. The van der Waals surface area contributed by atoms with Crippen molar-refractivity contribution in [3.8, 4) is 0 Å². The lowest BCUT2D eigenvalue weighted by Crippen LogP contribution is -2.37. The van der Waals surface area contributed by atoms with E-state index in [0.29, 0.717) is 22.0 Å². The molecule has 0 aliphatic heterocycles. The molecule has 2 N–H and O–H groups in total. The minimum atomic E-state index is -4.11. The van der Waals surface area contributed by atoms with Crippen molar-refractivity contribution in [2.45, 2.75) is 18.4 Å². The van der Waals surface area contributed by atoms with E-state index >= 15 is 0 Å². The Morgan fingerprint density at radius 1 is 0.824 bits per heavy atom. The van der Waals surface area contributed by atoms with Crippen LogP contribution in [0, 0.1) is 0 Å². The van der Waals surface area contributed by atoms with E-state index in [2.05, 4.69) is 10.6 Å². The first kappa shape index (κ1) is 26.0. The predicted octanol–water partition coefficient (Wildman–Crippen LogP) is 5.43. The van der Waals surface area contributed by atoms with Gasteiger partial charge in [-0.15, -0.1) is 0 Å². The molecule has 34 heavy (non-hydrogen) atoms. The van der Waals surface area contributed by atoms with E-state index in [1.165, 1.54) is 31.2 Å². The number of anilines is 2. The summed E-state index contributed by atoms with van der Waals surface area (Å²) in [5.74, 6) is -0.800. The summed E-state index contributed by atoms with van der Waals surface area (Å²) < 4.78 is 27.8. The predicted molar refractivity (Wildman–Crippen MR) is 135 cm³/mol. The fourth-order valence-electron chi connectivity index (χ4n) is 3.04. The van der Waals surface area contributed by atoms with Gasteiger partial charge in [0.1, 0.15) is 0 Å². The second kappa shape index (κ2) is 11.2. The first-order valence-corrected chi connectivity index (χ1v) is 12.5. The largest absolute Gasteiger partial charge is 0.326 e. The molecule has 3 aromatic carbocycles. The molecule has 0 radical (unpaired) electrons. The van der Waals surface area contributed by atoms with Gasteiger partial charge in [-0.05, 0) is 60.7 Å². The molecule has 0 bridgehead atoms. The van der Waals surface area contributed by atoms with E-state index in [1.807, 2.05) is 0 Å². The fraction of sp³-hybridized carbons (Fsp3) is 0.130. The normalized spacial score (nSPS) is 11.3. The highest BCUT2D eigenvalue weighted by molar-refractivity contribution is 7.89. The second-order valence-electron chi connectivity index (χ2n) is 7.23. The van der Waals surface area contributed by atoms with Crippen LogP contribution in [0.25, 0.3) is 0 Å². The van der Waals surface area contributed by atoms with Crippen molar-refractivity contribution in [2.24, 2.45) is 0 Å². The number of amides is 2. The quantitative estimate of drug-likeness (QED) is 0.398. The molecular weight excluding hydrogens is 521 g/mol. The zero-order valence-electron chi connectivity index (χ0n) is 17.9. The molecule has 0 heterocycles. The first-order chi connectivity index (χ1) is 16.1. The molecule has 2 amide bonds. The van der Waals surface area contributed by atoms with Crippen molar-refractivity contribution in [2.75, 3.05) is 17.2 Å². The van der Waals surface area contributed by atoms with Crippen LogP contribution in [0.5, 0.6) is 0 Å². The van der Waals surface area contributed by atoms with Crippen LogP contribution < -0.4 is 10.6 Å². The topological polar surface area (TPSA) is 95.6 Å². The number of nitrogens with one attached hydrogen (secondary N) is 2. The average molecular weight is 541 g/mol. The van der Waals surface area contributed by atoms with Crippen LogP contribution in [0.1, 0.15) is 12.5 Å².